The maximum Gasteiger partial charge on any atom is 0.167 e. The number of thiophene rings is 1. The third-order valence-corrected chi connectivity index (χ3v) is 14.9. The second-order valence-electron chi connectivity index (χ2n) is 17.4. The molecular formula is C61H34N4O2S. The first kappa shape index (κ1) is 37.3. The maximum atomic E-state index is 6.62. The van der Waals surface area contributed by atoms with Crippen molar-refractivity contribution in [1.82, 2.24) is 19.5 Å². The van der Waals surface area contributed by atoms with Crippen LogP contribution < -0.4 is 0 Å². The number of nitrogens with zero attached hydrogens (tertiary/aromatic N) is 4. The predicted octanol–water partition coefficient (Wildman–Crippen LogP) is 17.0. The van der Waals surface area contributed by atoms with Gasteiger partial charge in [-0.3, -0.25) is 0 Å². The normalized spacial score (nSPS) is 12.1. The van der Waals surface area contributed by atoms with Crippen LogP contribution in [-0.4, -0.2) is 19.5 Å². The molecule has 15 aromatic rings. The summed E-state index contributed by atoms with van der Waals surface area (Å²) < 4.78 is 18.0. The average molecular weight is 887 g/mol. The molecule has 316 valence electrons. The molecule has 0 spiro atoms. The van der Waals surface area contributed by atoms with Crippen LogP contribution in [0.3, 0.4) is 0 Å². The summed E-state index contributed by atoms with van der Waals surface area (Å²) in [6.07, 6.45) is 0. The van der Waals surface area contributed by atoms with Gasteiger partial charge < -0.3 is 13.4 Å². The van der Waals surface area contributed by atoms with E-state index in [4.69, 9.17) is 23.8 Å². The fourth-order valence-corrected chi connectivity index (χ4v) is 11.8. The van der Waals surface area contributed by atoms with Crippen LogP contribution in [0.5, 0.6) is 0 Å². The Hall–Kier alpha value is -8.91. The molecule has 5 heterocycles. The SMILES string of the molecule is c1ccc2cc3c(cc2c1)c1ccccc1n3-c1ccc(-c2nc(-c3cccc4c3oc3ccccc34)nc(-c3cccc4oc5ccccc5c34)n2)cc1-c1cccc2c1sc1ccccc12. The summed E-state index contributed by atoms with van der Waals surface area (Å²) in [6.45, 7) is 0. The fraction of sp³-hybridized carbons (Fsp3) is 0. The Morgan fingerprint density at radius 1 is 0.368 bits per heavy atom. The van der Waals surface area contributed by atoms with Crippen LogP contribution in [0.1, 0.15) is 0 Å². The maximum absolute atomic E-state index is 6.62. The Bertz CT molecular complexity index is 4590. The van der Waals surface area contributed by atoms with Crippen LogP contribution in [-0.2, 0) is 0 Å². The van der Waals surface area contributed by atoms with E-state index in [0.29, 0.717) is 17.5 Å². The minimum atomic E-state index is 0.519. The summed E-state index contributed by atoms with van der Waals surface area (Å²) in [5, 5.41) is 11.3. The summed E-state index contributed by atoms with van der Waals surface area (Å²) >= 11 is 1.84. The lowest BCUT2D eigenvalue weighted by Gasteiger charge is -2.17. The predicted molar refractivity (Wildman–Crippen MR) is 281 cm³/mol. The third-order valence-electron chi connectivity index (χ3n) is 13.7. The number of fused-ring (bicyclic) bond motifs is 13. The Morgan fingerprint density at radius 3 is 1.85 bits per heavy atom. The molecule has 0 saturated heterocycles. The lowest BCUT2D eigenvalue weighted by atomic mass is 9.98. The van der Waals surface area contributed by atoms with Gasteiger partial charge >= 0.3 is 0 Å². The Morgan fingerprint density at radius 2 is 0.985 bits per heavy atom. The van der Waals surface area contributed by atoms with Crippen molar-refractivity contribution < 1.29 is 8.83 Å². The van der Waals surface area contributed by atoms with Gasteiger partial charge in [-0.15, -0.1) is 11.3 Å². The van der Waals surface area contributed by atoms with E-state index < -0.39 is 0 Å². The smallest absolute Gasteiger partial charge is 0.167 e. The molecule has 0 aliphatic carbocycles. The molecule has 0 saturated carbocycles. The van der Waals surface area contributed by atoms with Crippen molar-refractivity contribution in [3.63, 3.8) is 0 Å². The van der Waals surface area contributed by atoms with Crippen LogP contribution in [0.15, 0.2) is 215 Å². The number of hydrogen-bond donors (Lipinski definition) is 0. The highest BCUT2D eigenvalue weighted by Crippen LogP contribution is 2.46. The van der Waals surface area contributed by atoms with E-state index >= 15 is 0 Å². The summed E-state index contributed by atoms with van der Waals surface area (Å²) in [4.78, 5) is 16.1. The van der Waals surface area contributed by atoms with Crippen molar-refractivity contribution in [1.29, 1.82) is 0 Å². The van der Waals surface area contributed by atoms with Crippen molar-refractivity contribution in [2.75, 3.05) is 0 Å². The second kappa shape index (κ2) is 14.3. The number of aromatic nitrogens is 4. The highest BCUT2D eigenvalue weighted by atomic mass is 32.1. The summed E-state index contributed by atoms with van der Waals surface area (Å²) in [6, 6.07) is 72.8. The van der Waals surface area contributed by atoms with Crippen molar-refractivity contribution in [3.05, 3.63) is 206 Å². The molecule has 0 aliphatic rings. The zero-order valence-corrected chi connectivity index (χ0v) is 37.0. The van der Waals surface area contributed by atoms with Gasteiger partial charge in [-0.25, -0.2) is 15.0 Å². The van der Waals surface area contributed by atoms with Gasteiger partial charge in [-0.05, 0) is 77.5 Å². The molecule has 5 aromatic heterocycles. The minimum absolute atomic E-state index is 0.519. The van der Waals surface area contributed by atoms with E-state index in [1.165, 1.54) is 41.7 Å². The molecule has 0 atom stereocenters. The summed E-state index contributed by atoms with van der Waals surface area (Å²) in [7, 11) is 0. The zero-order valence-electron chi connectivity index (χ0n) is 36.1. The quantitative estimate of drug-likeness (QED) is 0.172. The molecule has 0 radical (unpaired) electrons. The van der Waals surface area contributed by atoms with Gasteiger partial charge in [0.05, 0.1) is 22.3 Å². The first-order valence-corrected chi connectivity index (χ1v) is 23.6. The van der Waals surface area contributed by atoms with Crippen LogP contribution in [0.25, 0.3) is 148 Å². The molecule has 10 aromatic carbocycles. The van der Waals surface area contributed by atoms with Gasteiger partial charge in [-0.1, -0.05) is 140 Å². The monoisotopic (exact) mass is 886 g/mol. The number of rotatable bonds is 5. The van der Waals surface area contributed by atoms with Gasteiger partial charge in [0.15, 0.2) is 17.5 Å². The van der Waals surface area contributed by atoms with Gasteiger partial charge in [0.1, 0.15) is 22.3 Å². The van der Waals surface area contributed by atoms with Gasteiger partial charge in [0.2, 0.25) is 0 Å². The highest BCUT2D eigenvalue weighted by Gasteiger charge is 2.24. The molecule has 7 heteroatoms. The molecule has 0 N–H and O–H groups in total. The Kier molecular flexibility index (Phi) is 7.85. The fourth-order valence-electron chi connectivity index (χ4n) is 10.6. The second-order valence-corrected chi connectivity index (χ2v) is 18.5. The summed E-state index contributed by atoms with van der Waals surface area (Å²) in [5.74, 6) is 1.61. The minimum Gasteiger partial charge on any atom is -0.456 e. The van der Waals surface area contributed by atoms with E-state index in [9.17, 15) is 0 Å². The van der Waals surface area contributed by atoms with Gasteiger partial charge in [0, 0.05) is 74.7 Å². The van der Waals surface area contributed by atoms with Crippen LogP contribution in [0.4, 0.5) is 0 Å². The lowest BCUT2D eigenvalue weighted by Crippen LogP contribution is -2.02. The zero-order chi connectivity index (χ0) is 44.5. The molecular weight excluding hydrogens is 853 g/mol. The summed E-state index contributed by atoms with van der Waals surface area (Å²) in [5.41, 5.74) is 11.2. The van der Waals surface area contributed by atoms with Crippen LogP contribution in [0.2, 0.25) is 0 Å². The van der Waals surface area contributed by atoms with E-state index in [2.05, 4.69) is 156 Å². The Balaban J connectivity index is 1.04. The molecule has 68 heavy (non-hydrogen) atoms. The van der Waals surface area contributed by atoms with Crippen LogP contribution >= 0.6 is 11.3 Å². The number of hydrogen-bond acceptors (Lipinski definition) is 6. The van der Waals surface area contributed by atoms with E-state index in [0.717, 1.165) is 88.4 Å². The van der Waals surface area contributed by atoms with Gasteiger partial charge in [-0.2, -0.15) is 0 Å². The molecule has 6 nitrogen and oxygen atoms in total. The first-order chi connectivity index (χ1) is 33.7. The number of benzene rings is 10. The van der Waals surface area contributed by atoms with Gasteiger partial charge in [0.25, 0.3) is 0 Å². The highest BCUT2D eigenvalue weighted by molar-refractivity contribution is 7.26. The first-order valence-electron chi connectivity index (χ1n) is 22.7. The molecule has 0 amide bonds. The Labute approximate surface area is 391 Å². The molecule has 0 aliphatic heterocycles. The van der Waals surface area contributed by atoms with E-state index in [1.807, 2.05) is 65.9 Å². The van der Waals surface area contributed by atoms with Crippen molar-refractivity contribution in [2.24, 2.45) is 0 Å². The van der Waals surface area contributed by atoms with Crippen molar-refractivity contribution in [2.45, 2.75) is 0 Å². The molecule has 0 fully saturated rings. The molecule has 15 rings (SSSR count). The molecule has 0 bridgehead atoms. The van der Waals surface area contributed by atoms with E-state index in [-0.39, 0.29) is 0 Å². The van der Waals surface area contributed by atoms with Crippen molar-refractivity contribution >= 4 is 108 Å². The molecule has 0 unspecified atom stereocenters. The standard InChI is InChI=1S/C61H34N4O2S/c1-2-15-36-34-51-47(32-35(36)14-1)38-16-3-7-25-49(38)65(51)50-31-30-37(33-48(50)43-22-12-21-42-40-18-6-10-29-55(40)68-58(42)43)59-62-60(45-23-13-28-54-56(45)44-19-5-9-27-53(44)66-54)64-61(63-59)46-24-11-20-41-39-17-4-8-26-52(39)67-57(41)46/h1-34H. The average Bonchev–Trinajstić information content (AvgIpc) is 4.17. The number of para-hydroxylation sites is 4. The largest absolute Gasteiger partial charge is 0.456 e. The van der Waals surface area contributed by atoms with Crippen molar-refractivity contribution in [3.8, 4) is 51.0 Å². The lowest BCUT2D eigenvalue weighted by molar-refractivity contribution is 0.668. The number of furan rings is 2. The van der Waals surface area contributed by atoms with E-state index in [1.54, 1.807) is 0 Å². The topological polar surface area (TPSA) is 69.9 Å². The van der Waals surface area contributed by atoms with Crippen LogP contribution in [0, 0.1) is 0 Å². The third kappa shape index (κ3) is 5.48.